The molecule has 0 bridgehead atoms. The average molecular weight is 413 g/mol. The zero-order chi connectivity index (χ0) is 21.0. The van der Waals surface area contributed by atoms with Gasteiger partial charge in [-0.05, 0) is 42.7 Å². The SMILES string of the molecule is O=C(CCn1nnc2ccccc21)N1CCC[C@H](c2ncncc2-c2ccncc2)C1. The molecule has 1 saturated heterocycles. The van der Waals surface area contributed by atoms with E-state index in [1.807, 2.05) is 47.5 Å². The van der Waals surface area contributed by atoms with Gasteiger partial charge in [-0.25, -0.2) is 14.6 Å². The second-order valence-electron chi connectivity index (χ2n) is 7.79. The quantitative estimate of drug-likeness (QED) is 0.499. The van der Waals surface area contributed by atoms with Gasteiger partial charge in [0.2, 0.25) is 5.91 Å². The van der Waals surface area contributed by atoms with Crippen molar-refractivity contribution < 1.29 is 4.79 Å². The van der Waals surface area contributed by atoms with Crippen molar-refractivity contribution in [3.63, 3.8) is 0 Å². The molecule has 4 heterocycles. The fraction of sp³-hybridized carbons (Fsp3) is 0.304. The molecule has 1 aliphatic rings. The summed E-state index contributed by atoms with van der Waals surface area (Å²) in [5.41, 5.74) is 4.86. The Morgan fingerprint density at radius 2 is 1.97 bits per heavy atom. The van der Waals surface area contributed by atoms with E-state index in [1.54, 1.807) is 23.4 Å². The van der Waals surface area contributed by atoms with Crippen molar-refractivity contribution in [2.75, 3.05) is 13.1 Å². The number of aromatic nitrogens is 6. The normalized spacial score (nSPS) is 16.5. The van der Waals surface area contributed by atoms with Crippen LogP contribution in [0.15, 0.2) is 61.3 Å². The van der Waals surface area contributed by atoms with E-state index in [-0.39, 0.29) is 11.8 Å². The molecule has 1 fully saturated rings. The van der Waals surface area contributed by atoms with Gasteiger partial charge in [0.25, 0.3) is 0 Å². The van der Waals surface area contributed by atoms with Gasteiger partial charge in [-0.15, -0.1) is 5.10 Å². The Bertz CT molecular complexity index is 1190. The highest BCUT2D eigenvalue weighted by molar-refractivity contribution is 5.77. The lowest BCUT2D eigenvalue weighted by Gasteiger charge is -2.33. The maximum atomic E-state index is 13.0. The first kappa shape index (κ1) is 19.3. The summed E-state index contributed by atoms with van der Waals surface area (Å²) in [6, 6.07) is 11.7. The van der Waals surface area contributed by atoms with E-state index in [2.05, 4.69) is 25.3 Å². The summed E-state index contributed by atoms with van der Waals surface area (Å²) in [6.07, 6.45) is 9.37. The lowest BCUT2D eigenvalue weighted by Crippen LogP contribution is -2.39. The Balaban J connectivity index is 1.29. The molecule has 1 aromatic carbocycles. The van der Waals surface area contributed by atoms with Crippen LogP contribution >= 0.6 is 0 Å². The van der Waals surface area contributed by atoms with Crippen LogP contribution < -0.4 is 0 Å². The molecule has 0 unspecified atom stereocenters. The first-order valence-electron chi connectivity index (χ1n) is 10.6. The average Bonchev–Trinajstić information content (AvgIpc) is 3.26. The van der Waals surface area contributed by atoms with Crippen LogP contribution in [0, 0.1) is 0 Å². The zero-order valence-electron chi connectivity index (χ0n) is 17.1. The highest BCUT2D eigenvalue weighted by Gasteiger charge is 2.27. The minimum atomic E-state index is 0.142. The number of hydrogen-bond donors (Lipinski definition) is 0. The predicted octanol–water partition coefficient (Wildman–Crippen LogP) is 3.08. The molecule has 4 aromatic rings. The molecule has 156 valence electrons. The number of piperidine rings is 1. The molecule has 31 heavy (non-hydrogen) atoms. The smallest absolute Gasteiger partial charge is 0.224 e. The van der Waals surface area contributed by atoms with Gasteiger partial charge in [0.1, 0.15) is 11.8 Å². The number of amides is 1. The largest absolute Gasteiger partial charge is 0.342 e. The number of benzene rings is 1. The summed E-state index contributed by atoms with van der Waals surface area (Å²) in [7, 11) is 0. The van der Waals surface area contributed by atoms with Crippen LogP contribution in [-0.2, 0) is 11.3 Å². The molecular weight excluding hydrogens is 390 g/mol. The van der Waals surface area contributed by atoms with Crippen molar-refractivity contribution in [3.8, 4) is 11.1 Å². The molecule has 0 aliphatic carbocycles. The van der Waals surface area contributed by atoms with E-state index >= 15 is 0 Å². The van der Waals surface area contributed by atoms with E-state index in [0.717, 1.165) is 47.2 Å². The lowest BCUT2D eigenvalue weighted by molar-refractivity contribution is -0.132. The highest BCUT2D eigenvalue weighted by atomic mass is 16.2. The van der Waals surface area contributed by atoms with Gasteiger partial charge < -0.3 is 4.90 Å². The van der Waals surface area contributed by atoms with Gasteiger partial charge in [0.05, 0.1) is 17.8 Å². The van der Waals surface area contributed by atoms with E-state index in [1.165, 1.54) is 0 Å². The molecule has 1 amide bonds. The van der Waals surface area contributed by atoms with Crippen LogP contribution in [-0.4, -0.2) is 53.8 Å². The van der Waals surface area contributed by atoms with E-state index in [4.69, 9.17) is 0 Å². The van der Waals surface area contributed by atoms with Crippen molar-refractivity contribution in [1.29, 1.82) is 0 Å². The second kappa shape index (κ2) is 8.59. The molecule has 0 spiro atoms. The number of rotatable bonds is 5. The minimum Gasteiger partial charge on any atom is -0.342 e. The van der Waals surface area contributed by atoms with Crippen LogP contribution in [0.3, 0.4) is 0 Å². The number of aryl methyl sites for hydroxylation is 1. The van der Waals surface area contributed by atoms with Gasteiger partial charge in [-0.1, -0.05) is 17.3 Å². The van der Waals surface area contributed by atoms with Crippen molar-refractivity contribution in [2.45, 2.75) is 31.7 Å². The molecule has 0 saturated carbocycles. The number of carbonyl (C=O) groups is 1. The van der Waals surface area contributed by atoms with Crippen LogP contribution in [0.4, 0.5) is 0 Å². The van der Waals surface area contributed by atoms with Crippen molar-refractivity contribution in [3.05, 3.63) is 67.0 Å². The van der Waals surface area contributed by atoms with E-state index in [9.17, 15) is 4.79 Å². The van der Waals surface area contributed by atoms with Gasteiger partial charge in [-0.3, -0.25) is 9.78 Å². The number of nitrogens with zero attached hydrogens (tertiary/aromatic N) is 7. The molecule has 0 N–H and O–H groups in total. The van der Waals surface area contributed by atoms with Crippen LogP contribution in [0.2, 0.25) is 0 Å². The Morgan fingerprint density at radius 3 is 2.87 bits per heavy atom. The van der Waals surface area contributed by atoms with Gasteiger partial charge >= 0.3 is 0 Å². The molecule has 1 aliphatic heterocycles. The van der Waals surface area contributed by atoms with Gasteiger partial charge in [-0.2, -0.15) is 0 Å². The van der Waals surface area contributed by atoms with E-state index in [0.29, 0.717) is 19.5 Å². The third-order valence-corrected chi connectivity index (χ3v) is 5.85. The topological polar surface area (TPSA) is 89.7 Å². The zero-order valence-corrected chi connectivity index (χ0v) is 17.1. The Morgan fingerprint density at radius 1 is 1.10 bits per heavy atom. The fourth-order valence-corrected chi connectivity index (χ4v) is 4.29. The van der Waals surface area contributed by atoms with Gasteiger partial charge in [0, 0.05) is 49.6 Å². The number of para-hydroxylation sites is 1. The van der Waals surface area contributed by atoms with Gasteiger partial charge in [0.15, 0.2) is 0 Å². The number of pyridine rings is 1. The summed E-state index contributed by atoms with van der Waals surface area (Å²) in [5.74, 6) is 0.333. The maximum Gasteiger partial charge on any atom is 0.224 e. The Hall–Kier alpha value is -3.68. The number of hydrogen-bond acceptors (Lipinski definition) is 6. The molecule has 8 heteroatoms. The van der Waals surface area contributed by atoms with Crippen LogP contribution in [0.5, 0.6) is 0 Å². The molecule has 0 radical (unpaired) electrons. The van der Waals surface area contributed by atoms with Crippen molar-refractivity contribution >= 4 is 16.9 Å². The number of likely N-dealkylation sites (tertiary alicyclic amines) is 1. The molecule has 1 atom stereocenters. The van der Waals surface area contributed by atoms with Crippen molar-refractivity contribution in [2.24, 2.45) is 0 Å². The lowest BCUT2D eigenvalue weighted by atomic mass is 9.90. The third-order valence-electron chi connectivity index (χ3n) is 5.85. The Kier molecular flexibility index (Phi) is 5.35. The molecular formula is C23H23N7O. The third kappa shape index (κ3) is 4.01. The molecule has 3 aromatic heterocycles. The number of carbonyl (C=O) groups excluding carboxylic acids is 1. The Labute approximate surface area is 180 Å². The van der Waals surface area contributed by atoms with Crippen LogP contribution in [0.1, 0.15) is 30.9 Å². The van der Waals surface area contributed by atoms with Crippen LogP contribution in [0.25, 0.3) is 22.2 Å². The number of fused-ring (bicyclic) bond motifs is 1. The summed E-state index contributed by atoms with van der Waals surface area (Å²) in [4.78, 5) is 27.9. The summed E-state index contributed by atoms with van der Waals surface area (Å²) in [5, 5.41) is 8.36. The first-order chi connectivity index (χ1) is 15.3. The summed E-state index contributed by atoms with van der Waals surface area (Å²) in [6.45, 7) is 1.98. The standard InChI is InChI=1S/C23H23N7O/c31-22(9-13-30-21-6-2-1-5-20(21)27-28-30)29-12-3-4-18(15-29)23-19(14-25-16-26-23)17-7-10-24-11-8-17/h1-2,5-8,10-11,14,16,18H,3-4,9,12-13,15H2/t18-/m0/s1. The predicted molar refractivity (Wildman–Crippen MR) is 116 cm³/mol. The minimum absolute atomic E-state index is 0.142. The van der Waals surface area contributed by atoms with Crippen molar-refractivity contribution in [1.82, 2.24) is 34.8 Å². The summed E-state index contributed by atoms with van der Waals surface area (Å²) >= 11 is 0. The maximum absolute atomic E-state index is 13.0. The molecule has 5 rings (SSSR count). The molecule has 8 nitrogen and oxygen atoms in total. The summed E-state index contributed by atoms with van der Waals surface area (Å²) < 4.78 is 1.81. The van der Waals surface area contributed by atoms with E-state index < -0.39 is 0 Å². The fourth-order valence-electron chi connectivity index (χ4n) is 4.29. The monoisotopic (exact) mass is 413 g/mol. The highest BCUT2D eigenvalue weighted by Crippen LogP contribution is 2.32. The first-order valence-corrected chi connectivity index (χ1v) is 10.6. The second-order valence-corrected chi connectivity index (χ2v) is 7.79.